The molecule has 1 atom stereocenters. The van der Waals surface area contributed by atoms with Gasteiger partial charge < -0.3 is 9.80 Å². The smallest absolute Gasteiger partial charge is 0.0709 e. The second-order valence-corrected chi connectivity index (χ2v) is 5.53. The van der Waals surface area contributed by atoms with Crippen LogP contribution in [0.4, 0.5) is 5.69 Å². The van der Waals surface area contributed by atoms with E-state index in [1.165, 1.54) is 28.3 Å². The minimum Gasteiger partial charge on any atom is -0.386 e. The number of benzene rings is 2. The second-order valence-electron chi connectivity index (χ2n) is 5.53. The zero-order valence-corrected chi connectivity index (χ0v) is 15.2. The van der Waals surface area contributed by atoms with Crippen molar-refractivity contribution in [2.45, 2.75) is 13.1 Å². The number of anilines is 1. The standard InChI is InChI=1S/C18H17N2.Y/c1-13-16-9-8-15(14-6-4-3-5-7-14)12-17(16)20-11-10-19(2)18(13)20;/h3-12,18H,1-2H3;/q-1;. The summed E-state index contributed by atoms with van der Waals surface area (Å²) >= 11 is 0. The SMILES string of the molecule is C[C-]1c2ccc(-c3ccccc3)cc2N2C=CN(C)C12.[Y]. The fourth-order valence-electron chi connectivity index (χ4n) is 3.29. The monoisotopic (exact) mass is 350 g/mol. The fourth-order valence-corrected chi connectivity index (χ4v) is 3.29. The van der Waals surface area contributed by atoms with Gasteiger partial charge in [-0.3, -0.25) is 0 Å². The van der Waals surface area contributed by atoms with Crippen molar-refractivity contribution in [3.63, 3.8) is 0 Å². The molecule has 21 heavy (non-hydrogen) atoms. The Morgan fingerprint density at radius 1 is 0.952 bits per heavy atom. The molecule has 0 amide bonds. The average Bonchev–Trinajstić information content (AvgIpc) is 3.00. The fraction of sp³-hybridized carbons (Fsp3) is 0.167. The predicted molar refractivity (Wildman–Crippen MR) is 83.1 cm³/mol. The second kappa shape index (κ2) is 5.51. The normalized spacial score (nSPS) is 18.6. The van der Waals surface area contributed by atoms with Crippen LogP contribution in [0.2, 0.25) is 0 Å². The van der Waals surface area contributed by atoms with E-state index >= 15 is 0 Å². The third-order valence-electron chi connectivity index (χ3n) is 4.31. The van der Waals surface area contributed by atoms with Crippen molar-refractivity contribution in [1.82, 2.24) is 4.90 Å². The molecule has 0 saturated heterocycles. The first kappa shape index (κ1) is 14.7. The van der Waals surface area contributed by atoms with Gasteiger partial charge in [0.25, 0.3) is 0 Å². The number of nitrogens with zero attached hydrogens (tertiary/aromatic N) is 2. The van der Waals surface area contributed by atoms with Gasteiger partial charge in [0.15, 0.2) is 0 Å². The van der Waals surface area contributed by atoms with Crippen LogP contribution < -0.4 is 4.90 Å². The summed E-state index contributed by atoms with van der Waals surface area (Å²) in [7, 11) is 2.13. The Kier molecular flexibility index (Phi) is 3.85. The van der Waals surface area contributed by atoms with E-state index < -0.39 is 0 Å². The largest absolute Gasteiger partial charge is 0.386 e. The Bertz CT molecular complexity index is 681. The maximum absolute atomic E-state index is 2.36. The molecule has 0 aromatic heterocycles. The molecule has 0 N–H and O–H groups in total. The van der Waals surface area contributed by atoms with Gasteiger partial charge in [-0.15, -0.1) is 12.0 Å². The molecule has 103 valence electrons. The summed E-state index contributed by atoms with van der Waals surface area (Å²) in [4.78, 5) is 4.62. The van der Waals surface area contributed by atoms with Gasteiger partial charge in [-0.25, -0.2) is 0 Å². The Hall–Kier alpha value is -1.25. The Balaban J connectivity index is 0.00000132. The van der Waals surface area contributed by atoms with Gasteiger partial charge in [-0.1, -0.05) is 49.0 Å². The summed E-state index contributed by atoms with van der Waals surface area (Å²) in [5.41, 5.74) is 5.23. The molecule has 0 spiro atoms. The van der Waals surface area contributed by atoms with Gasteiger partial charge >= 0.3 is 0 Å². The molecule has 3 heteroatoms. The van der Waals surface area contributed by atoms with E-state index in [0.717, 1.165) is 0 Å². The van der Waals surface area contributed by atoms with Crippen LogP contribution in [0.1, 0.15) is 12.5 Å². The number of likely N-dealkylation sites (N-methyl/N-ethyl adjacent to an activating group) is 1. The minimum atomic E-state index is 0. The van der Waals surface area contributed by atoms with Crippen LogP contribution in [-0.2, 0) is 32.7 Å². The first-order valence-corrected chi connectivity index (χ1v) is 6.97. The first-order valence-electron chi connectivity index (χ1n) is 6.97. The van der Waals surface area contributed by atoms with Crippen LogP contribution in [0.5, 0.6) is 0 Å². The molecule has 2 aromatic rings. The van der Waals surface area contributed by atoms with Gasteiger partial charge in [-0.05, 0) is 11.1 Å². The molecule has 0 aliphatic carbocycles. The van der Waals surface area contributed by atoms with Crippen LogP contribution in [0.25, 0.3) is 11.1 Å². The molecule has 2 aliphatic rings. The summed E-state index contributed by atoms with van der Waals surface area (Å²) in [6.07, 6.45) is 4.68. The van der Waals surface area contributed by atoms with Gasteiger partial charge in [0.2, 0.25) is 0 Å². The summed E-state index contributed by atoms with van der Waals surface area (Å²) < 4.78 is 0. The molecule has 0 bridgehead atoms. The summed E-state index contributed by atoms with van der Waals surface area (Å²) in [5, 5.41) is 0. The molecule has 2 heterocycles. The van der Waals surface area contributed by atoms with Gasteiger partial charge in [0, 0.05) is 52.2 Å². The van der Waals surface area contributed by atoms with E-state index in [1.54, 1.807) is 0 Å². The summed E-state index contributed by atoms with van der Waals surface area (Å²) in [5.74, 6) is 1.42. The van der Waals surface area contributed by atoms with Crippen molar-refractivity contribution in [2.24, 2.45) is 0 Å². The van der Waals surface area contributed by atoms with E-state index in [9.17, 15) is 0 Å². The molecule has 4 rings (SSSR count). The topological polar surface area (TPSA) is 6.48 Å². The predicted octanol–water partition coefficient (Wildman–Crippen LogP) is 3.86. The minimum absolute atomic E-state index is 0. The Labute approximate surface area is 151 Å². The molecule has 2 nitrogen and oxygen atoms in total. The van der Waals surface area contributed by atoms with Gasteiger partial charge in [0.05, 0.1) is 6.17 Å². The van der Waals surface area contributed by atoms with Crippen molar-refractivity contribution < 1.29 is 32.7 Å². The number of rotatable bonds is 1. The quantitative estimate of drug-likeness (QED) is 0.721. The first-order chi connectivity index (χ1) is 9.75. The summed E-state index contributed by atoms with van der Waals surface area (Å²) in [6.45, 7) is 2.23. The van der Waals surface area contributed by atoms with Crippen molar-refractivity contribution in [2.75, 3.05) is 11.9 Å². The summed E-state index contributed by atoms with van der Waals surface area (Å²) in [6, 6.07) is 17.4. The molecular formula is C18H17N2Y-. The van der Waals surface area contributed by atoms with Crippen molar-refractivity contribution in [1.29, 1.82) is 0 Å². The van der Waals surface area contributed by atoms with Crippen LogP contribution in [-0.4, -0.2) is 18.1 Å². The molecule has 1 radical (unpaired) electrons. The Morgan fingerprint density at radius 3 is 2.48 bits per heavy atom. The van der Waals surface area contributed by atoms with Crippen LogP contribution in [0.15, 0.2) is 60.9 Å². The molecule has 0 saturated carbocycles. The number of hydrogen-bond acceptors (Lipinski definition) is 2. The molecule has 0 fully saturated rings. The van der Waals surface area contributed by atoms with E-state index in [-0.39, 0.29) is 32.7 Å². The molecule has 1 unspecified atom stereocenters. The molecular weight excluding hydrogens is 333 g/mol. The average molecular weight is 350 g/mol. The maximum atomic E-state index is 2.36. The van der Waals surface area contributed by atoms with Crippen LogP contribution in [0.3, 0.4) is 0 Å². The van der Waals surface area contributed by atoms with Crippen molar-refractivity contribution in [3.8, 4) is 11.1 Å². The Morgan fingerprint density at radius 2 is 1.71 bits per heavy atom. The van der Waals surface area contributed by atoms with E-state index in [4.69, 9.17) is 0 Å². The van der Waals surface area contributed by atoms with Gasteiger partial charge in [0.1, 0.15) is 0 Å². The number of fused-ring (bicyclic) bond motifs is 3. The zero-order chi connectivity index (χ0) is 13.7. The van der Waals surface area contributed by atoms with Gasteiger partial charge in [-0.2, -0.15) is 11.6 Å². The van der Waals surface area contributed by atoms with E-state index in [1.807, 2.05) is 0 Å². The van der Waals surface area contributed by atoms with Crippen LogP contribution in [0, 0.1) is 5.92 Å². The van der Waals surface area contributed by atoms with Crippen molar-refractivity contribution >= 4 is 5.69 Å². The zero-order valence-electron chi connectivity index (χ0n) is 12.3. The van der Waals surface area contributed by atoms with Crippen LogP contribution >= 0.6 is 0 Å². The van der Waals surface area contributed by atoms with E-state index in [0.29, 0.717) is 6.17 Å². The van der Waals surface area contributed by atoms with E-state index in [2.05, 4.69) is 84.7 Å². The number of hydrogen-bond donors (Lipinski definition) is 0. The third-order valence-corrected chi connectivity index (χ3v) is 4.31. The van der Waals surface area contributed by atoms with Crippen molar-refractivity contribution in [3.05, 3.63) is 72.4 Å². The third kappa shape index (κ3) is 2.21. The molecule has 2 aromatic carbocycles. The molecule has 2 aliphatic heterocycles. The maximum Gasteiger partial charge on any atom is 0.0709 e.